The van der Waals surface area contributed by atoms with Crippen LogP contribution in [0.15, 0.2) is 0 Å². The summed E-state index contributed by atoms with van der Waals surface area (Å²) in [5.41, 5.74) is -0.364. The molecule has 0 aliphatic rings. The fourth-order valence-corrected chi connectivity index (χ4v) is 1.35. The van der Waals surface area contributed by atoms with E-state index in [0.29, 0.717) is 0 Å². The van der Waals surface area contributed by atoms with Crippen molar-refractivity contribution >= 4 is 18.6 Å². The van der Waals surface area contributed by atoms with E-state index in [1.807, 2.05) is 27.7 Å². The van der Waals surface area contributed by atoms with Crippen LogP contribution in [0.3, 0.4) is 0 Å². The molecule has 0 aromatic rings. The molecule has 0 heterocycles. The SMILES string of the molecule is CC(=O)C(C)(C)CC(C)(C)NS. The number of hydrogen-bond acceptors (Lipinski definition) is 3. The third kappa shape index (κ3) is 3.59. The summed E-state index contributed by atoms with van der Waals surface area (Å²) < 4.78 is 2.89. The van der Waals surface area contributed by atoms with Crippen LogP contribution < -0.4 is 4.72 Å². The first-order valence-electron chi connectivity index (χ1n) is 4.13. The van der Waals surface area contributed by atoms with Crippen molar-refractivity contribution in [1.29, 1.82) is 0 Å². The average Bonchev–Trinajstić information content (AvgIpc) is 1.85. The van der Waals surface area contributed by atoms with Crippen LogP contribution in [0.1, 0.15) is 41.0 Å². The molecule has 3 heteroatoms. The molecule has 0 aliphatic heterocycles. The van der Waals surface area contributed by atoms with Gasteiger partial charge in [0.25, 0.3) is 0 Å². The van der Waals surface area contributed by atoms with Crippen LogP contribution in [0, 0.1) is 5.41 Å². The van der Waals surface area contributed by atoms with Crippen molar-refractivity contribution in [2.75, 3.05) is 0 Å². The second-order valence-corrected chi connectivity index (χ2v) is 4.84. The van der Waals surface area contributed by atoms with Crippen LogP contribution in [-0.2, 0) is 4.79 Å². The van der Waals surface area contributed by atoms with Gasteiger partial charge in [0, 0.05) is 11.0 Å². The van der Waals surface area contributed by atoms with Crippen LogP contribution in [0.25, 0.3) is 0 Å². The Morgan fingerprint density at radius 2 is 1.75 bits per heavy atom. The van der Waals surface area contributed by atoms with Crippen LogP contribution in [-0.4, -0.2) is 11.3 Å². The molecule has 0 aliphatic carbocycles. The molecule has 0 saturated carbocycles. The number of ketones is 1. The molecule has 0 fully saturated rings. The number of hydrogen-bond donors (Lipinski definition) is 2. The predicted molar refractivity (Wildman–Crippen MR) is 55.3 cm³/mol. The molecule has 0 aromatic carbocycles. The summed E-state index contributed by atoms with van der Waals surface area (Å²) in [6.45, 7) is 9.62. The number of carbonyl (C=O) groups excluding carboxylic acids is 1. The van der Waals surface area contributed by atoms with Gasteiger partial charge in [-0.2, -0.15) is 0 Å². The van der Waals surface area contributed by atoms with Gasteiger partial charge in [-0.05, 0) is 27.2 Å². The van der Waals surface area contributed by atoms with Crippen LogP contribution in [0.5, 0.6) is 0 Å². The van der Waals surface area contributed by atoms with Crippen molar-refractivity contribution in [3.05, 3.63) is 0 Å². The van der Waals surface area contributed by atoms with Crippen molar-refractivity contribution in [2.45, 2.75) is 46.6 Å². The van der Waals surface area contributed by atoms with E-state index < -0.39 is 0 Å². The number of nitrogens with one attached hydrogen (secondary N) is 1. The maximum atomic E-state index is 11.2. The minimum atomic E-state index is -0.265. The largest absolute Gasteiger partial charge is 0.299 e. The molecule has 0 amide bonds. The third-order valence-corrected chi connectivity index (χ3v) is 2.74. The van der Waals surface area contributed by atoms with E-state index in [0.717, 1.165) is 6.42 Å². The summed E-state index contributed by atoms with van der Waals surface area (Å²) in [6.07, 6.45) is 0.791. The zero-order valence-corrected chi connectivity index (χ0v) is 9.46. The number of rotatable bonds is 4. The second kappa shape index (κ2) is 3.79. The predicted octanol–water partition coefficient (Wildman–Crippen LogP) is 2.20. The Hall–Kier alpha value is -0.0200. The van der Waals surface area contributed by atoms with E-state index in [4.69, 9.17) is 0 Å². The van der Waals surface area contributed by atoms with E-state index in [1.54, 1.807) is 6.92 Å². The Morgan fingerprint density at radius 3 is 2.00 bits per heavy atom. The standard InChI is InChI=1S/C9H19NOS/c1-7(11)8(2,3)6-9(4,5)10-12/h10,12H,6H2,1-5H3. The zero-order chi connectivity index (χ0) is 9.99. The topological polar surface area (TPSA) is 29.1 Å². The molecule has 0 atom stereocenters. The van der Waals surface area contributed by atoms with Crippen molar-refractivity contribution < 1.29 is 4.79 Å². The maximum absolute atomic E-state index is 11.2. The van der Waals surface area contributed by atoms with E-state index in [-0.39, 0.29) is 16.7 Å². The fraction of sp³-hybridized carbons (Fsp3) is 0.889. The quantitative estimate of drug-likeness (QED) is 0.664. The molecule has 0 bridgehead atoms. The number of Topliss-reactive ketones (excluding diaryl/α,β-unsaturated/α-hetero) is 1. The van der Waals surface area contributed by atoms with Crippen LogP contribution in [0.2, 0.25) is 0 Å². The third-order valence-electron chi connectivity index (χ3n) is 2.14. The molecule has 0 spiro atoms. The van der Waals surface area contributed by atoms with E-state index in [2.05, 4.69) is 17.5 Å². The minimum Gasteiger partial charge on any atom is -0.299 e. The summed E-state index contributed by atoms with van der Waals surface area (Å²) in [4.78, 5) is 11.2. The van der Waals surface area contributed by atoms with Gasteiger partial charge < -0.3 is 0 Å². The minimum absolute atomic E-state index is 0.0989. The maximum Gasteiger partial charge on any atom is 0.135 e. The zero-order valence-electron chi connectivity index (χ0n) is 8.56. The highest BCUT2D eigenvalue weighted by atomic mass is 32.1. The Labute approximate surface area is 80.7 Å². The van der Waals surface area contributed by atoms with Gasteiger partial charge in [0.1, 0.15) is 5.78 Å². The number of thiol groups is 1. The van der Waals surface area contributed by atoms with E-state index >= 15 is 0 Å². The molecule has 1 N–H and O–H groups in total. The highest BCUT2D eigenvalue weighted by Gasteiger charge is 2.31. The first-order chi connectivity index (χ1) is 5.21. The molecule has 0 saturated heterocycles. The molecule has 0 rings (SSSR count). The Bertz CT molecular complexity index is 175. The lowest BCUT2D eigenvalue weighted by atomic mass is 9.78. The van der Waals surface area contributed by atoms with Gasteiger partial charge in [-0.25, -0.2) is 0 Å². The highest BCUT2D eigenvalue weighted by molar-refractivity contribution is 7.78. The summed E-state index contributed by atoms with van der Waals surface area (Å²) in [5, 5.41) is 0. The Balaban J connectivity index is 4.34. The van der Waals surface area contributed by atoms with E-state index in [1.165, 1.54) is 0 Å². The lowest BCUT2D eigenvalue weighted by Gasteiger charge is -2.32. The van der Waals surface area contributed by atoms with Crippen LogP contribution in [0.4, 0.5) is 0 Å². The molecule has 0 unspecified atom stereocenters. The lowest BCUT2D eigenvalue weighted by Crippen LogP contribution is -2.40. The first-order valence-corrected chi connectivity index (χ1v) is 4.58. The van der Waals surface area contributed by atoms with E-state index in [9.17, 15) is 4.79 Å². The fourth-order valence-electron chi connectivity index (χ4n) is 1.27. The van der Waals surface area contributed by atoms with Gasteiger partial charge in [-0.3, -0.25) is 9.52 Å². The van der Waals surface area contributed by atoms with Crippen LogP contribution >= 0.6 is 12.8 Å². The molecule has 12 heavy (non-hydrogen) atoms. The Kier molecular flexibility index (Phi) is 3.79. The Morgan fingerprint density at radius 1 is 1.33 bits per heavy atom. The van der Waals surface area contributed by atoms with Gasteiger partial charge in [-0.1, -0.05) is 26.7 Å². The molecular weight excluding hydrogens is 170 g/mol. The molecule has 2 nitrogen and oxygen atoms in total. The van der Waals surface area contributed by atoms with Gasteiger partial charge in [-0.15, -0.1) is 0 Å². The average molecular weight is 189 g/mol. The molecule has 0 radical (unpaired) electrons. The van der Waals surface area contributed by atoms with Gasteiger partial charge in [0.15, 0.2) is 0 Å². The van der Waals surface area contributed by atoms with Crippen molar-refractivity contribution in [2.24, 2.45) is 5.41 Å². The van der Waals surface area contributed by atoms with Crippen molar-refractivity contribution in [3.8, 4) is 0 Å². The molecule has 0 aromatic heterocycles. The summed E-state index contributed by atoms with van der Waals surface area (Å²) in [7, 11) is 0. The summed E-state index contributed by atoms with van der Waals surface area (Å²) in [5.74, 6) is 0.221. The smallest absolute Gasteiger partial charge is 0.135 e. The summed E-state index contributed by atoms with van der Waals surface area (Å²) >= 11 is 4.02. The molecular formula is C9H19NOS. The monoisotopic (exact) mass is 189 g/mol. The van der Waals surface area contributed by atoms with Crippen molar-refractivity contribution in [1.82, 2.24) is 4.72 Å². The normalized spacial score (nSPS) is 13.2. The lowest BCUT2D eigenvalue weighted by molar-refractivity contribution is -0.125. The molecule has 72 valence electrons. The number of carbonyl (C=O) groups is 1. The highest BCUT2D eigenvalue weighted by Crippen LogP contribution is 2.28. The summed E-state index contributed by atoms with van der Waals surface area (Å²) in [6, 6.07) is 0. The van der Waals surface area contributed by atoms with Gasteiger partial charge in [0.2, 0.25) is 0 Å². The van der Waals surface area contributed by atoms with Gasteiger partial charge in [0.05, 0.1) is 0 Å². The second-order valence-electron chi connectivity index (χ2n) is 4.61. The first kappa shape index (κ1) is 12.0. The van der Waals surface area contributed by atoms with Gasteiger partial charge >= 0.3 is 0 Å². The van der Waals surface area contributed by atoms with Crippen molar-refractivity contribution in [3.63, 3.8) is 0 Å².